The Morgan fingerprint density at radius 3 is 2.92 bits per heavy atom. The number of nitrogens with zero attached hydrogens (tertiary/aromatic N) is 4. The molecule has 1 amide bonds. The van der Waals surface area contributed by atoms with Crippen LogP contribution in [-0.2, 0) is 17.6 Å². The van der Waals surface area contributed by atoms with Gasteiger partial charge in [-0.1, -0.05) is 6.92 Å². The summed E-state index contributed by atoms with van der Waals surface area (Å²) in [6.07, 6.45) is 3.70. The first-order chi connectivity index (χ1) is 12.4. The van der Waals surface area contributed by atoms with Gasteiger partial charge in [0.15, 0.2) is 5.96 Å². The maximum atomic E-state index is 12.3. The number of rotatable bonds is 4. The number of aliphatic imine (C=N–C) groups is 1. The van der Waals surface area contributed by atoms with Gasteiger partial charge in [-0.05, 0) is 27.2 Å². The summed E-state index contributed by atoms with van der Waals surface area (Å²) in [5.74, 6) is 0.950. The standard InChI is InChI=1S/C18H29N5O2S/c1-5-14-11-20-15(26-14)6-7-19-16-21-10-13-12-22(8-9-23(13)16)17(24)25-18(2,3)4/h11,13H,5-10,12H2,1-4H3,(H,19,21). The van der Waals surface area contributed by atoms with Crippen LogP contribution in [0.25, 0.3) is 0 Å². The van der Waals surface area contributed by atoms with Gasteiger partial charge in [-0.25, -0.2) is 9.78 Å². The summed E-state index contributed by atoms with van der Waals surface area (Å²) in [7, 11) is 0. The fourth-order valence-corrected chi connectivity index (χ4v) is 3.99. The summed E-state index contributed by atoms with van der Waals surface area (Å²) < 4.78 is 5.49. The van der Waals surface area contributed by atoms with Gasteiger partial charge in [-0.15, -0.1) is 11.3 Å². The first-order valence-corrected chi connectivity index (χ1v) is 10.1. The van der Waals surface area contributed by atoms with Crippen LogP contribution < -0.4 is 5.32 Å². The fraction of sp³-hybridized carbons (Fsp3) is 0.722. The van der Waals surface area contributed by atoms with E-state index < -0.39 is 5.60 Å². The third-order valence-corrected chi connectivity index (χ3v) is 5.63. The number of aryl methyl sites for hydroxylation is 1. The molecule has 0 spiro atoms. The van der Waals surface area contributed by atoms with E-state index in [-0.39, 0.29) is 12.1 Å². The van der Waals surface area contributed by atoms with Gasteiger partial charge in [0.1, 0.15) is 5.60 Å². The maximum absolute atomic E-state index is 12.3. The highest BCUT2D eigenvalue weighted by Gasteiger charge is 2.36. The second-order valence-electron chi connectivity index (χ2n) is 7.69. The van der Waals surface area contributed by atoms with Crippen LogP contribution in [-0.4, -0.2) is 71.2 Å². The van der Waals surface area contributed by atoms with Gasteiger partial charge in [-0.3, -0.25) is 4.99 Å². The summed E-state index contributed by atoms with van der Waals surface area (Å²) in [5.41, 5.74) is -0.458. The molecule has 0 bridgehead atoms. The monoisotopic (exact) mass is 379 g/mol. The van der Waals surface area contributed by atoms with Gasteiger partial charge in [0.05, 0.1) is 17.6 Å². The van der Waals surface area contributed by atoms with Gasteiger partial charge < -0.3 is 19.9 Å². The quantitative estimate of drug-likeness (QED) is 0.868. The Balaban J connectivity index is 1.45. The Labute approximate surface area is 159 Å². The second-order valence-corrected chi connectivity index (χ2v) is 8.89. The van der Waals surface area contributed by atoms with E-state index in [0.29, 0.717) is 13.1 Å². The van der Waals surface area contributed by atoms with E-state index in [1.165, 1.54) is 9.88 Å². The zero-order valence-electron chi connectivity index (χ0n) is 16.1. The van der Waals surface area contributed by atoms with Crippen molar-refractivity contribution in [3.8, 4) is 0 Å². The summed E-state index contributed by atoms with van der Waals surface area (Å²) >= 11 is 1.78. The Hall–Kier alpha value is -1.83. The predicted octanol–water partition coefficient (Wildman–Crippen LogP) is 2.13. The van der Waals surface area contributed by atoms with Crippen molar-refractivity contribution < 1.29 is 9.53 Å². The van der Waals surface area contributed by atoms with Crippen LogP contribution in [0.5, 0.6) is 0 Å². The first kappa shape index (κ1) is 18.9. The third-order valence-electron chi connectivity index (χ3n) is 4.43. The number of hydrogen-bond acceptors (Lipinski definition) is 7. The minimum Gasteiger partial charge on any atom is -0.444 e. The lowest BCUT2D eigenvalue weighted by molar-refractivity contribution is 0.0137. The molecule has 2 aliphatic rings. The van der Waals surface area contributed by atoms with Crippen molar-refractivity contribution in [2.75, 3.05) is 32.7 Å². The second kappa shape index (κ2) is 7.82. The average molecular weight is 380 g/mol. The van der Waals surface area contributed by atoms with Crippen molar-refractivity contribution in [1.29, 1.82) is 0 Å². The van der Waals surface area contributed by atoms with Crippen molar-refractivity contribution in [1.82, 2.24) is 20.1 Å². The van der Waals surface area contributed by atoms with Crippen molar-refractivity contribution in [2.45, 2.75) is 52.2 Å². The normalized spacial score (nSPS) is 20.0. The molecule has 0 aromatic carbocycles. The van der Waals surface area contributed by atoms with E-state index in [0.717, 1.165) is 38.4 Å². The topological polar surface area (TPSA) is 70.1 Å². The van der Waals surface area contributed by atoms with Crippen LogP contribution in [0.3, 0.4) is 0 Å². The molecule has 1 N–H and O–H groups in total. The number of thiazole rings is 1. The molecule has 1 saturated heterocycles. The summed E-state index contributed by atoms with van der Waals surface area (Å²) in [4.78, 5) is 26.8. The molecule has 3 rings (SSSR count). The van der Waals surface area contributed by atoms with Crippen molar-refractivity contribution in [3.63, 3.8) is 0 Å². The highest BCUT2D eigenvalue weighted by atomic mass is 32.1. The van der Waals surface area contributed by atoms with E-state index in [2.05, 4.69) is 27.1 Å². The molecule has 0 aliphatic carbocycles. The van der Waals surface area contributed by atoms with E-state index in [4.69, 9.17) is 4.74 Å². The fourth-order valence-electron chi connectivity index (χ4n) is 3.13. The van der Waals surface area contributed by atoms with Gasteiger partial charge >= 0.3 is 6.09 Å². The lowest BCUT2D eigenvalue weighted by atomic mass is 10.2. The van der Waals surface area contributed by atoms with Gasteiger partial charge in [0, 0.05) is 43.7 Å². The average Bonchev–Trinajstić information content (AvgIpc) is 3.20. The highest BCUT2D eigenvalue weighted by Crippen LogP contribution is 2.19. The Bertz CT molecular complexity index is 667. The number of carbonyl (C=O) groups excluding carboxylic acids is 1. The lowest BCUT2D eigenvalue weighted by Crippen LogP contribution is -2.57. The summed E-state index contributed by atoms with van der Waals surface area (Å²) in [6.45, 7) is 11.5. The lowest BCUT2D eigenvalue weighted by Gasteiger charge is -2.39. The number of piperazine rings is 1. The number of nitrogens with one attached hydrogen (secondary N) is 1. The molecule has 1 atom stereocenters. The number of hydrogen-bond donors (Lipinski definition) is 1. The summed E-state index contributed by atoms with van der Waals surface area (Å²) in [6, 6.07) is 0.241. The molecule has 0 saturated carbocycles. The zero-order chi connectivity index (χ0) is 18.7. The van der Waals surface area contributed by atoms with Crippen LogP contribution in [0.2, 0.25) is 0 Å². The molecule has 8 heteroatoms. The molecule has 0 radical (unpaired) electrons. The number of guanidine groups is 1. The van der Waals surface area contributed by atoms with Crippen LogP contribution in [0.4, 0.5) is 4.79 Å². The smallest absolute Gasteiger partial charge is 0.410 e. The van der Waals surface area contributed by atoms with Crippen LogP contribution in [0, 0.1) is 0 Å². The minimum absolute atomic E-state index is 0.228. The van der Waals surface area contributed by atoms with E-state index in [9.17, 15) is 4.79 Å². The van der Waals surface area contributed by atoms with Crippen molar-refractivity contribution in [3.05, 3.63) is 16.1 Å². The van der Waals surface area contributed by atoms with Crippen molar-refractivity contribution >= 4 is 23.4 Å². The molecule has 3 heterocycles. The number of ether oxygens (including phenoxy) is 1. The van der Waals surface area contributed by atoms with Gasteiger partial charge in [0.25, 0.3) is 0 Å². The largest absolute Gasteiger partial charge is 0.444 e. The molecule has 144 valence electrons. The van der Waals surface area contributed by atoms with Crippen molar-refractivity contribution in [2.24, 2.45) is 4.99 Å². The molecular formula is C18H29N5O2S. The molecule has 1 aromatic rings. The molecule has 2 aliphatic heterocycles. The molecule has 7 nitrogen and oxygen atoms in total. The number of carbonyl (C=O) groups is 1. The summed E-state index contributed by atoms with van der Waals surface area (Å²) in [5, 5.41) is 4.61. The highest BCUT2D eigenvalue weighted by molar-refractivity contribution is 7.11. The molecule has 26 heavy (non-hydrogen) atoms. The van der Waals surface area contributed by atoms with E-state index >= 15 is 0 Å². The molecule has 1 aromatic heterocycles. The van der Waals surface area contributed by atoms with E-state index in [1.54, 1.807) is 16.2 Å². The van der Waals surface area contributed by atoms with Crippen LogP contribution in [0.1, 0.15) is 37.6 Å². The number of amides is 1. The maximum Gasteiger partial charge on any atom is 0.410 e. The number of aromatic nitrogens is 1. The van der Waals surface area contributed by atoms with Crippen LogP contribution in [0.15, 0.2) is 11.2 Å². The predicted molar refractivity (Wildman–Crippen MR) is 104 cm³/mol. The van der Waals surface area contributed by atoms with Gasteiger partial charge in [-0.2, -0.15) is 0 Å². The Kier molecular flexibility index (Phi) is 5.70. The Morgan fingerprint density at radius 1 is 1.42 bits per heavy atom. The zero-order valence-corrected chi connectivity index (χ0v) is 16.9. The van der Waals surface area contributed by atoms with E-state index in [1.807, 2.05) is 27.0 Å². The van der Waals surface area contributed by atoms with Crippen LogP contribution >= 0.6 is 11.3 Å². The minimum atomic E-state index is -0.458. The third kappa shape index (κ3) is 4.66. The molecular weight excluding hydrogens is 350 g/mol. The molecule has 1 fully saturated rings. The number of fused-ring (bicyclic) bond motifs is 1. The Morgan fingerprint density at radius 2 is 2.23 bits per heavy atom. The SMILES string of the molecule is CCc1cnc(CCNC2=NCC3CN(C(=O)OC(C)(C)C)CCN23)s1. The first-order valence-electron chi connectivity index (χ1n) is 9.32. The van der Waals surface area contributed by atoms with Gasteiger partial charge in [0.2, 0.25) is 0 Å². The molecule has 1 unspecified atom stereocenters.